The average Bonchev–Trinajstić information content (AvgIpc) is 3.05. The molecule has 0 saturated carbocycles. The molecule has 2 aromatic rings. The van der Waals surface area contributed by atoms with E-state index in [4.69, 9.17) is 51.1 Å². The lowest BCUT2D eigenvalue weighted by Crippen LogP contribution is -2.49. The lowest BCUT2D eigenvalue weighted by Gasteiger charge is -2.27. The van der Waals surface area contributed by atoms with Crippen LogP contribution >= 0.6 is 46.4 Å². The zero-order valence-electron chi connectivity index (χ0n) is 18.3. The van der Waals surface area contributed by atoms with Crippen molar-refractivity contribution in [2.45, 2.75) is 32.9 Å². The van der Waals surface area contributed by atoms with Gasteiger partial charge in [-0.3, -0.25) is 19.3 Å². The number of nitrogens with zero attached hydrogens (tertiary/aromatic N) is 1. The first kappa shape index (κ1) is 26.3. The molecule has 1 heterocycles. The van der Waals surface area contributed by atoms with Crippen molar-refractivity contribution >= 4 is 70.1 Å². The van der Waals surface area contributed by atoms with Crippen LogP contribution in [0.15, 0.2) is 30.3 Å². The number of nitrogens with one attached hydrogen (secondary N) is 1. The highest BCUT2D eigenvalue weighted by atomic mass is 35.5. The SMILES string of the molecule is CC(C)[C@H](C(=O)OCC(=O)N[C@@H](C)c1ccccc1)N1C(=O)c2c(Cl)c(Cl)c(Cl)c(Cl)c2C1=O. The third kappa shape index (κ3) is 4.89. The van der Waals surface area contributed by atoms with Gasteiger partial charge in [0.05, 0.1) is 37.3 Å². The van der Waals surface area contributed by atoms with Crippen LogP contribution in [0.5, 0.6) is 0 Å². The first-order chi connectivity index (χ1) is 16.0. The molecule has 1 aliphatic heterocycles. The van der Waals surface area contributed by atoms with Gasteiger partial charge in [0.15, 0.2) is 6.61 Å². The van der Waals surface area contributed by atoms with E-state index in [9.17, 15) is 19.2 Å². The molecule has 3 amide bonds. The van der Waals surface area contributed by atoms with Crippen LogP contribution in [0.25, 0.3) is 0 Å². The summed E-state index contributed by atoms with van der Waals surface area (Å²) in [5.41, 5.74) is 0.400. The van der Waals surface area contributed by atoms with Crippen LogP contribution in [0.1, 0.15) is 53.1 Å². The Bertz CT molecular complexity index is 1120. The zero-order chi connectivity index (χ0) is 25.3. The van der Waals surface area contributed by atoms with Gasteiger partial charge in [0.25, 0.3) is 17.7 Å². The summed E-state index contributed by atoms with van der Waals surface area (Å²) in [6.07, 6.45) is 0. The Kier molecular flexibility index (Phi) is 8.14. The highest BCUT2D eigenvalue weighted by Gasteiger charge is 2.48. The maximum Gasteiger partial charge on any atom is 0.330 e. The lowest BCUT2D eigenvalue weighted by atomic mass is 10.0. The highest BCUT2D eigenvalue weighted by molar-refractivity contribution is 6.55. The molecular weight excluding hydrogens is 526 g/mol. The van der Waals surface area contributed by atoms with Crippen LogP contribution in [-0.4, -0.2) is 41.2 Å². The van der Waals surface area contributed by atoms with E-state index in [-0.39, 0.29) is 37.3 Å². The summed E-state index contributed by atoms with van der Waals surface area (Å²) in [4.78, 5) is 52.2. The molecule has 0 aliphatic carbocycles. The Morgan fingerprint density at radius 2 is 1.38 bits per heavy atom. The number of esters is 1. The molecule has 7 nitrogen and oxygen atoms in total. The number of hydrogen-bond acceptors (Lipinski definition) is 5. The standard InChI is InChI=1S/C23H20Cl4N2O5/c1-10(2)20(23(33)34-9-13(30)28-11(3)12-7-5-4-6-8-12)29-21(31)14-15(22(29)32)17(25)19(27)18(26)16(14)24/h4-8,10-11,20H,9H2,1-3H3,(H,28,30)/t11-,20+/m0/s1. The van der Waals surface area contributed by atoms with E-state index in [1.165, 1.54) is 0 Å². The number of rotatable bonds is 7. The van der Waals surface area contributed by atoms with Crippen LogP contribution in [0.4, 0.5) is 0 Å². The molecule has 0 radical (unpaired) electrons. The lowest BCUT2D eigenvalue weighted by molar-refractivity contribution is -0.153. The Morgan fingerprint density at radius 1 is 0.882 bits per heavy atom. The molecule has 3 rings (SSSR count). The quantitative estimate of drug-likeness (QED) is 0.219. The minimum atomic E-state index is -1.34. The van der Waals surface area contributed by atoms with Gasteiger partial charge in [-0.15, -0.1) is 0 Å². The summed E-state index contributed by atoms with van der Waals surface area (Å²) in [7, 11) is 0. The Morgan fingerprint density at radius 3 is 1.85 bits per heavy atom. The van der Waals surface area contributed by atoms with Crippen molar-refractivity contribution in [3.63, 3.8) is 0 Å². The molecule has 1 aliphatic rings. The number of carbonyl (C=O) groups excluding carboxylic acids is 4. The Hall–Kier alpha value is -2.32. The predicted octanol–water partition coefficient (Wildman–Crippen LogP) is 5.34. The highest BCUT2D eigenvalue weighted by Crippen LogP contribution is 2.45. The second-order valence-corrected chi connectivity index (χ2v) is 9.49. The average molecular weight is 546 g/mol. The normalized spacial score (nSPS) is 14.8. The van der Waals surface area contributed by atoms with Crippen LogP contribution in [0.2, 0.25) is 20.1 Å². The zero-order valence-corrected chi connectivity index (χ0v) is 21.3. The molecule has 0 fully saturated rings. The number of halogens is 4. The number of imide groups is 1. The third-order valence-corrected chi connectivity index (χ3v) is 7.11. The molecular formula is C23H20Cl4N2O5. The van der Waals surface area contributed by atoms with E-state index in [1.54, 1.807) is 20.8 Å². The van der Waals surface area contributed by atoms with Crippen molar-refractivity contribution < 1.29 is 23.9 Å². The number of carbonyl (C=O) groups is 4. The van der Waals surface area contributed by atoms with Crippen LogP contribution < -0.4 is 5.32 Å². The fraction of sp³-hybridized carbons (Fsp3) is 0.304. The second-order valence-electron chi connectivity index (χ2n) is 7.98. The summed E-state index contributed by atoms with van der Waals surface area (Å²) in [6.45, 7) is 4.43. The van der Waals surface area contributed by atoms with Gasteiger partial charge < -0.3 is 10.1 Å². The van der Waals surface area contributed by atoms with E-state index in [0.717, 1.165) is 5.56 Å². The van der Waals surface area contributed by atoms with Gasteiger partial charge >= 0.3 is 5.97 Å². The van der Waals surface area contributed by atoms with Crippen LogP contribution in [0.3, 0.4) is 0 Å². The largest absolute Gasteiger partial charge is 0.454 e. The fourth-order valence-electron chi connectivity index (χ4n) is 3.63. The molecule has 11 heteroatoms. The van der Waals surface area contributed by atoms with Crippen LogP contribution in [0, 0.1) is 5.92 Å². The summed E-state index contributed by atoms with van der Waals surface area (Å²) in [5.74, 6) is -3.74. The predicted molar refractivity (Wildman–Crippen MR) is 130 cm³/mol. The maximum absolute atomic E-state index is 13.1. The number of hydrogen-bond donors (Lipinski definition) is 1. The van der Waals surface area contributed by atoms with Gasteiger partial charge in [-0.2, -0.15) is 0 Å². The van der Waals surface area contributed by atoms with Crippen molar-refractivity contribution in [2.75, 3.05) is 6.61 Å². The number of benzene rings is 2. The first-order valence-corrected chi connectivity index (χ1v) is 11.7. The summed E-state index contributed by atoms with van der Waals surface area (Å²) in [6, 6.07) is 7.58. The van der Waals surface area contributed by atoms with E-state index in [1.807, 2.05) is 30.3 Å². The topological polar surface area (TPSA) is 92.8 Å². The summed E-state index contributed by atoms with van der Waals surface area (Å²) >= 11 is 24.4. The van der Waals surface area contributed by atoms with E-state index >= 15 is 0 Å². The molecule has 2 aromatic carbocycles. The fourth-order valence-corrected chi connectivity index (χ4v) is 4.64. The van der Waals surface area contributed by atoms with Gasteiger partial charge in [-0.1, -0.05) is 90.6 Å². The number of amides is 3. The molecule has 0 spiro atoms. The minimum Gasteiger partial charge on any atom is -0.454 e. The summed E-state index contributed by atoms with van der Waals surface area (Å²) < 4.78 is 5.16. The van der Waals surface area contributed by atoms with Gasteiger partial charge in [0.1, 0.15) is 6.04 Å². The van der Waals surface area contributed by atoms with Gasteiger partial charge in [-0.05, 0) is 18.4 Å². The maximum atomic E-state index is 13.1. The molecule has 1 N–H and O–H groups in total. The first-order valence-electron chi connectivity index (χ1n) is 10.2. The van der Waals surface area contributed by atoms with Crippen molar-refractivity contribution in [1.29, 1.82) is 0 Å². The monoisotopic (exact) mass is 544 g/mol. The van der Waals surface area contributed by atoms with Crippen molar-refractivity contribution in [3.8, 4) is 0 Å². The minimum absolute atomic E-state index is 0.178. The molecule has 0 saturated heterocycles. The third-order valence-electron chi connectivity index (χ3n) is 5.31. The molecule has 2 atom stereocenters. The van der Waals surface area contributed by atoms with Crippen LogP contribution in [-0.2, 0) is 14.3 Å². The second kappa shape index (κ2) is 10.5. The van der Waals surface area contributed by atoms with Crippen molar-refractivity contribution in [1.82, 2.24) is 10.2 Å². The number of ether oxygens (including phenoxy) is 1. The van der Waals surface area contributed by atoms with Gasteiger partial charge in [0, 0.05) is 0 Å². The smallest absolute Gasteiger partial charge is 0.330 e. The molecule has 180 valence electrons. The molecule has 0 unspecified atom stereocenters. The van der Waals surface area contributed by atoms with Crippen molar-refractivity contribution in [2.24, 2.45) is 5.92 Å². The van der Waals surface area contributed by atoms with Crippen molar-refractivity contribution in [3.05, 3.63) is 67.1 Å². The summed E-state index contributed by atoms with van der Waals surface area (Å²) in [5, 5.41) is 1.89. The Balaban J connectivity index is 1.77. The molecule has 34 heavy (non-hydrogen) atoms. The van der Waals surface area contributed by atoms with Gasteiger partial charge in [-0.25, -0.2) is 4.79 Å². The van der Waals surface area contributed by atoms with E-state index < -0.39 is 42.3 Å². The molecule has 0 bridgehead atoms. The molecule has 0 aromatic heterocycles. The van der Waals surface area contributed by atoms with E-state index in [2.05, 4.69) is 5.32 Å². The number of fused-ring (bicyclic) bond motifs is 1. The van der Waals surface area contributed by atoms with Gasteiger partial charge in [0.2, 0.25) is 0 Å². The van der Waals surface area contributed by atoms with E-state index in [0.29, 0.717) is 4.90 Å². The Labute approximate surface area is 216 Å².